The molecule has 0 radical (unpaired) electrons. The quantitative estimate of drug-likeness (QED) is 0.352. The Morgan fingerprint density at radius 2 is 1.53 bits per heavy atom. The summed E-state index contributed by atoms with van der Waals surface area (Å²) >= 11 is 0. The zero-order valence-corrected chi connectivity index (χ0v) is 17.7. The van der Waals surface area contributed by atoms with Gasteiger partial charge >= 0.3 is 10.1 Å². The van der Waals surface area contributed by atoms with Crippen LogP contribution in [0.3, 0.4) is 0 Å². The number of nitrogens with zero attached hydrogens (tertiary/aromatic N) is 1. The first-order chi connectivity index (χ1) is 15.4. The second-order valence-electron chi connectivity index (χ2n) is 6.74. The van der Waals surface area contributed by atoms with Crippen LogP contribution in [0.15, 0.2) is 89.3 Å². The highest BCUT2D eigenvalue weighted by atomic mass is 32.2. The monoisotopic (exact) mass is 450 g/mol. The third kappa shape index (κ3) is 4.19. The topological polar surface area (TPSA) is 102 Å². The van der Waals surface area contributed by atoms with Crippen molar-refractivity contribution in [2.75, 3.05) is 12.1 Å². The molecule has 0 bridgehead atoms. The van der Waals surface area contributed by atoms with Gasteiger partial charge in [-0.2, -0.15) is 8.42 Å². The Morgan fingerprint density at radius 1 is 0.875 bits per heavy atom. The molecule has 3 aromatic rings. The number of para-hydroxylation sites is 1. The van der Waals surface area contributed by atoms with E-state index < -0.39 is 21.9 Å². The number of nitrogens with one attached hydrogen (secondary N) is 1. The van der Waals surface area contributed by atoms with Crippen LogP contribution < -0.4 is 19.4 Å². The van der Waals surface area contributed by atoms with Crippen molar-refractivity contribution in [3.05, 3.63) is 90.0 Å². The maximum Gasteiger partial charge on any atom is 0.339 e. The molecule has 0 aliphatic carbocycles. The van der Waals surface area contributed by atoms with Crippen LogP contribution >= 0.6 is 0 Å². The zero-order chi connectivity index (χ0) is 22.7. The number of carbonyl (C=O) groups excluding carboxylic acids is 2. The fourth-order valence-corrected chi connectivity index (χ4v) is 4.04. The Kier molecular flexibility index (Phi) is 5.65. The molecule has 8 nitrogen and oxygen atoms in total. The molecule has 0 spiro atoms. The highest BCUT2D eigenvalue weighted by Gasteiger charge is 2.34. The molecule has 0 unspecified atom stereocenters. The SMILES string of the molecule is COc1cc(/C=C2\C(=O)NN(c3ccccc3)C2=O)ccc1OS(=O)(=O)c1ccccc1. The standard InChI is InChI=1S/C23H18N2O6S/c1-30-21-15-16(12-13-20(21)31-32(28,29)18-10-6-3-7-11-18)14-19-22(26)24-25(23(19)27)17-8-4-2-5-9-17/h2-15H,1H3,(H,24,26)/b19-14+. The molecule has 0 atom stereocenters. The van der Waals surface area contributed by atoms with Gasteiger partial charge in [-0.3, -0.25) is 15.0 Å². The summed E-state index contributed by atoms with van der Waals surface area (Å²) in [5.41, 5.74) is 3.44. The smallest absolute Gasteiger partial charge is 0.339 e. The number of rotatable bonds is 6. The van der Waals surface area contributed by atoms with E-state index in [1.807, 2.05) is 0 Å². The van der Waals surface area contributed by atoms with Crippen LogP contribution in [0.5, 0.6) is 11.5 Å². The van der Waals surface area contributed by atoms with Gasteiger partial charge < -0.3 is 8.92 Å². The van der Waals surface area contributed by atoms with Crippen molar-refractivity contribution in [2.45, 2.75) is 4.90 Å². The van der Waals surface area contributed by atoms with Crippen LogP contribution in [-0.4, -0.2) is 27.3 Å². The fraction of sp³-hybridized carbons (Fsp3) is 0.0435. The van der Waals surface area contributed by atoms with Crippen molar-refractivity contribution in [2.24, 2.45) is 0 Å². The Bertz CT molecular complexity index is 1300. The highest BCUT2D eigenvalue weighted by molar-refractivity contribution is 7.87. The number of benzene rings is 3. The predicted octanol–water partition coefficient (Wildman–Crippen LogP) is 2.92. The van der Waals surface area contributed by atoms with E-state index in [0.29, 0.717) is 11.3 Å². The van der Waals surface area contributed by atoms with E-state index in [0.717, 1.165) is 5.01 Å². The number of hydrogen-bond acceptors (Lipinski definition) is 6. The third-order valence-electron chi connectivity index (χ3n) is 4.64. The first-order valence-corrected chi connectivity index (χ1v) is 10.9. The molecule has 3 aromatic carbocycles. The van der Waals surface area contributed by atoms with Gasteiger partial charge in [0.2, 0.25) is 0 Å². The average molecular weight is 450 g/mol. The number of hydrazine groups is 1. The minimum Gasteiger partial charge on any atom is -0.493 e. The number of amides is 2. The van der Waals surface area contributed by atoms with Crippen molar-refractivity contribution < 1.29 is 26.9 Å². The summed E-state index contributed by atoms with van der Waals surface area (Å²) in [6.07, 6.45) is 1.40. The lowest BCUT2D eigenvalue weighted by atomic mass is 10.1. The number of ether oxygens (including phenoxy) is 1. The first-order valence-electron chi connectivity index (χ1n) is 9.49. The predicted molar refractivity (Wildman–Crippen MR) is 117 cm³/mol. The molecular formula is C23H18N2O6S. The van der Waals surface area contributed by atoms with Crippen LogP contribution in [0.1, 0.15) is 5.56 Å². The first kappa shape index (κ1) is 21.1. The van der Waals surface area contributed by atoms with E-state index in [-0.39, 0.29) is 22.0 Å². The lowest BCUT2D eigenvalue weighted by Crippen LogP contribution is -2.35. The summed E-state index contributed by atoms with van der Waals surface area (Å²) in [5.74, 6) is -0.951. The number of carbonyl (C=O) groups is 2. The van der Waals surface area contributed by atoms with Crippen molar-refractivity contribution in [3.8, 4) is 11.5 Å². The number of anilines is 1. The molecule has 0 saturated carbocycles. The van der Waals surface area contributed by atoms with E-state index in [4.69, 9.17) is 8.92 Å². The summed E-state index contributed by atoms with van der Waals surface area (Å²) in [5, 5.41) is 1.16. The van der Waals surface area contributed by atoms with Crippen molar-refractivity contribution in [3.63, 3.8) is 0 Å². The Balaban J connectivity index is 1.61. The van der Waals surface area contributed by atoms with E-state index in [1.54, 1.807) is 48.5 Å². The van der Waals surface area contributed by atoms with Gasteiger partial charge in [-0.25, -0.2) is 5.01 Å². The Hall–Kier alpha value is -4.11. The normalized spacial score (nSPS) is 15.0. The van der Waals surface area contributed by atoms with Crippen molar-refractivity contribution >= 4 is 33.7 Å². The van der Waals surface area contributed by atoms with Gasteiger partial charge in [0.05, 0.1) is 12.8 Å². The summed E-state index contributed by atoms with van der Waals surface area (Å²) in [6, 6.07) is 20.8. The molecule has 9 heteroatoms. The maximum absolute atomic E-state index is 12.7. The molecule has 0 aromatic heterocycles. The molecule has 1 heterocycles. The molecule has 162 valence electrons. The lowest BCUT2D eigenvalue weighted by Gasteiger charge is -2.14. The molecule has 32 heavy (non-hydrogen) atoms. The zero-order valence-electron chi connectivity index (χ0n) is 16.9. The molecule has 4 rings (SSSR count). The molecule has 1 aliphatic heterocycles. The van der Waals surface area contributed by atoms with Gasteiger partial charge in [-0.05, 0) is 48.0 Å². The number of methoxy groups -OCH3 is 1. The van der Waals surface area contributed by atoms with Gasteiger partial charge in [-0.15, -0.1) is 0 Å². The molecule has 1 N–H and O–H groups in total. The molecule has 1 fully saturated rings. The summed E-state index contributed by atoms with van der Waals surface area (Å²) in [7, 11) is -2.70. The van der Waals surface area contributed by atoms with E-state index in [9.17, 15) is 18.0 Å². The largest absolute Gasteiger partial charge is 0.493 e. The Labute approximate surface area is 184 Å². The van der Waals surface area contributed by atoms with E-state index in [1.165, 1.54) is 43.5 Å². The second kappa shape index (κ2) is 8.56. The fourth-order valence-electron chi connectivity index (χ4n) is 3.08. The second-order valence-corrected chi connectivity index (χ2v) is 8.28. The van der Waals surface area contributed by atoms with Crippen LogP contribution in [0.25, 0.3) is 6.08 Å². The maximum atomic E-state index is 12.7. The lowest BCUT2D eigenvalue weighted by molar-refractivity contribution is -0.117. The van der Waals surface area contributed by atoms with Crippen LogP contribution in [0, 0.1) is 0 Å². The molecule has 2 amide bonds. The van der Waals surface area contributed by atoms with Crippen molar-refractivity contribution in [1.82, 2.24) is 5.43 Å². The minimum absolute atomic E-state index is 0.00229. The van der Waals surface area contributed by atoms with Gasteiger partial charge in [-0.1, -0.05) is 42.5 Å². The van der Waals surface area contributed by atoms with Gasteiger partial charge in [0.25, 0.3) is 11.8 Å². The molecular weight excluding hydrogens is 432 g/mol. The van der Waals surface area contributed by atoms with Gasteiger partial charge in [0.1, 0.15) is 10.5 Å². The summed E-state index contributed by atoms with van der Waals surface area (Å²) in [4.78, 5) is 25.1. The molecule has 1 saturated heterocycles. The van der Waals surface area contributed by atoms with Crippen LogP contribution in [-0.2, 0) is 19.7 Å². The number of hydrogen-bond donors (Lipinski definition) is 1. The van der Waals surface area contributed by atoms with E-state index >= 15 is 0 Å². The van der Waals surface area contributed by atoms with Crippen LogP contribution in [0.4, 0.5) is 5.69 Å². The summed E-state index contributed by atoms with van der Waals surface area (Å²) in [6.45, 7) is 0. The van der Waals surface area contributed by atoms with E-state index in [2.05, 4.69) is 5.43 Å². The van der Waals surface area contributed by atoms with Crippen LogP contribution in [0.2, 0.25) is 0 Å². The summed E-state index contributed by atoms with van der Waals surface area (Å²) < 4.78 is 35.5. The minimum atomic E-state index is -4.06. The molecule has 1 aliphatic rings. The third-order valence-corrected chi connectivity index (χ3v) is 5.88. The average Bonchev–Trinajstić information content (AvgIpc) is 3.09. The van der Waals surface area contributed by atoms with Crippen molar-refractivity contribution in [1.29, 1.82) is 0 Å². The highest BCUT2D eigenvalue weighted by Crippen LogP contribution is 2.32. The van der Waals surface area contributed by atoms with Gasteiger partial charge in [0, 0.05) is 0 Å². The van der Waals surface area contributed by atoms with Gasteiger partial charge in [0.15, 0.2) is 11.5 Å². The Morgan fingerprint density at radius 3 is 2.19 bits per heavy atom.